The summed E-state index contributed by atoms with van der Waals surface area (Å²) in [6, 6.07) is -1.36. The molecule has 26 heavy (non-hydrogen) atoms. The number of ether oxygens (including phenoxy) is 2. The largest absolute Gasteiger partial charge is 0.467 e. The van der Waals surface area contributed by atoms with Crippen molar-refractivity contribution in [2.45, 2.75) is 84.1 Å². The molecule has 1 amide bonds. The minimum absolute atomic E-state index is 0.155. The summed E-state index contributed by atoms with van der Waals surface area (Å²) in [4.78, 5) is 35.2. The summed E-state index contributed by atoms with van der Waals surface area (Å²) in [5.41, 5.74) is 0. The SMILES string of the molecule is CCCCCCCCCCC/C=C/C(=O)C(NC(=O)OCC)C(=O)OC. The molecule has 1 unspecified atom stereocenters. The molecule has 0 aromatic rings. The maximum Gasteiger partial charge on any atom is 0.408 e. The number of carbonyl (C=O) groups excluding carboxylic acids is 3. The first-order chi connectivity index (χ1) is 12.6. The van der Waals surface area contributed by atoms with Crippen molar-refractivity contribution >= 4 is 17.8 Å². The standard InChI is InChI=1S/C20H35NO5/c1-4-6-7-8-9-10-11-12-13-14-15-16-17(22)18(19(23)25-3)21-20(24)26-5-2/h15-16,18H,4-14H2,1-3H3,(H,21,24)/b16-15+. The van der Waals surface area contributed by atoms with Crippen molar-refractivity contribution in [3.63, 3.8) is 0 Å². The Morgan fingerprint density at radius 3 is 2.04 bits per heavy atom. The van der Waals surface area contributed by atoms with E-state index in [0.29, 0.717) is 0 Å². The Morgan fingerprint density at radius 1 is 0.923 bits per heavy atom. The number of allylic oxidation sites excluding steroid dienone is 1. The van der Waals surface area contributed by atoms with Crippen LogP contribution in [0.4, 0.5) is 4.79 Å². The van der Waals surface area contributed by atoms with E-state index in [1.807, 2.05) is 0 Å². The zero-order valence-electron chi connectivity index (χ0n) is 16.6. The number of amides is 1. The molecular formula is C20H35NO5. The smallest absolute Gasteiger partial charge is 0.408 e. The van der Waals surface area contributed by atoms with Gasteiger partial charge in [-0.2, -0.15) is 0 Å². The highest BCUT2D eigenvalue weighted by Gasteiger charge is 2.27. The molecule has 0 bridgehead atoms. The molecule has 0 aromatic carbocycles. The number of ketones is 1. The van der Waals surface area contributed by atoms with Crippen LogP contribution in [0, 0.1) is 0 Å². The maximum atomic E-state index is 12.1. The number of nitrogens with one attached hydrogen (secondary N) is 1. The molecule has 0 aliphatic heterocycles. The summed E-state index contributed by atoms with van der Waals surface area (Å²) in [6.07, 6.45) is 14.2. The van der Waals surface area contributed by atoms with Gasteiger partial charge >= 0.3 is 12.1 Å². The maximum absolute atomic E-state index is 12.1. The third-order valence-corrected chi connectivity index (χ3v) is 4.02. The molecule has 0 fully saturated rings. The molecule has 1 N–H and O–H groups in total. The number of hydrogen-bond acceptors (Lipinski definition) is 5. The highest BCUT2D eigenvalue weighted by atomic mass is 16.6. The summed E-state index contributed by atoms with van der Waals surface area (Å²) < 4.78 is 9.25. The van der Waals surface area contributed by atoms with Crippen LogP contribution in [-0.4, -0.2) is 37.6 Å². The van der Waals surface area contributed by atoms with Crippen LogP contribution in [0.5, 0.6) is 0 Å². The number of rotatable bonds is 15. The lowest BCUT2D eigenvalue weighted by atomic mass is 10.1. The van der Waals surface area contributed by atoms with Crippen LogP contribution >= 0.6 is 0 Å². The van der Waals surface area contributed by atoms with Gasteiger partial charge in [0.2, 0.25) is 0 Å². The Bertz CT molecular complexity index is 434. The molecule has 0 heterocycles. The van der Waals surface area contributed by atoms with Gasteiger partial charge in [-0.25, -0.2) is 9.59 Å². The fourth-order valence-electron chi connectivity index (χ4n) is 2.52. The molecule has 0 saturated carbocycles. The molecule has 6 nitrogen and oxygen atoms in total. The van der Waals surface area contributed by atoms with Gasteiger partial charge in [0.1, 0.15) is 0 Å². The van der Waals surface area contributed by atoms with E-state index in [-0.39, 0.29) is 6.61 Å². The van der Waals surface area contributed by atoms with Crippen LogP contribution in [0.3, 0.4) is 0 Å². The molecular weight excluding hydrogens is 334 g/mol. The van der Waals surface area contributed by atoms with Crippen molar-refractivity contribution in [1.29, 1.82) is 0 Å². The van der Waals surface area contributed by atoms with Gasteiger partial charge in [0, 0.05) is 0 Å². The van der Waals surface area contributed by atoms with E-state index >= 15 is 0 Å². The van der Waals surface area contributed by atoms with E-state index in [1.54, 1.807) is 13.0 Å². The van der Waals surface area contributed by atoms with Crippen molar-refractivity contribution in [3.05, 3.63) is 12.2 Å². The zero-order valence-corrected chi connectivity index (χ0v) is 16.6. The lowest BCUT2D eigenvalue weighted by Crippen LogP contribution is -2.46. The second-order valence-electron chi connectivity index (χ2n) is 6.24. The molecule has 6 heteroatoms. The Labute approximate surface area is 157 Å². The predicted octanol–water partition coefficient (Wildman–Crippen LogP) is 4.32. The fraction of sp³-hybridized carbons (Fsp3) is 0.750. The summed E-state index contributed by atoms with van der Waals surface area (Å²) in [6.45, 7) is 4.01. The molecule has 150 valence electrons. The van der Waals surface area contributed by atoms with Crippen molar-refractivity contribution in [2.24, 2.45) is 0 Å². The van der Waals surface area contributed by atoms with Gasteiger partial charge < -0.3 is 14.8 Å². The second-order valence-corrected chi connectivity index (χ2v) is 6.24. The van der Waals surface area contributed by atoms with Crippen LogP contribution in [0.2, 0.25) is 0 Å². The Kier molecular flexibility index (Phi) is 15.4. The lowest BCUT2D eigenvalue weighted by molar-refractivity contribution is -0.145. The molecule has 0 rings (SSSR count). The van der Waals surface area contributed by atoms with Gasteiger partial charge in [-0.15, -0.1) is 0 Å². The normalized spacial score (nSPS) is 12.0. The van der Waals surface area contributed by atoms with Crippen molar-refractivity contribution in [2.75, 3.05) is 13.7 Å². The van der Waals surface area contributed by atoms with Gasteiger partial charge in [0.05, 0.1) is 13.7 Å². The molecule has 0 aliphatic rings. The van der Waals surface area contributed by atoms with Crippen molar-refractivity contribution in [3.8, 4) is 0 Å². The third kappa shape index (κ3) is 12.5. The van der Waals surface area contributed by atoms with Gasteiger partial charge in [-0.3, -0.25) is 4.79 Å². The number of hydrogen-bond donors (Lipinski definition) is 1. The number of esters is 1. The predicted molar refractivity (Wildman–Crippen MR) is 102 cm³/mol. The first-order valence-electron chi connectivity index (χ1n) is 9.78. The quantitative estimate of drug-likeness (QED) is 0.201. The monoisotopic (exact) mass is 369 g/mol. The topological polar surface area (TPSA) is 81.7 Å². The van der Waals surface area contributed by atoms with E-state index in [2.05, 4.69) is 17.0 Å². The molecule has 0 aliphatic carbocycles. The van der Waals surface area contributed by atoms with Gasteiger partial charge in [0.15, 0.2) is 11.8 Å². The average molecular weight is 370 g/mol. The van der Waals surface area contributed by atoms with E-state index < -0.39 is 23.9 Å². The Balaban J connectivity index is 4.01. The van der Waals surface area contributed by atoms with Crippen LogP contribution < -0.4 is 5.32 Å². The highest BCUT2D eigenvalue weighted by molar-refractivity contribution is 6.10. The van der Waals surface area contributed by atoms with E-state index in [0.717, 1.165) is 19.3 Å². The van der Waals surface area contributed by atoms with Crippen LogP contribution in [-0.2, 0) is 19.1 Å². The van der Waals surface area contributed by atoms with E-state index in [1.165, 1.54) is 58.1 Å². The minimum atomic E-state index is -1.36. The number of carbonyl (C=O) groups is 3. The zero-order chi connectivity index (χ0) is 19.6. The van der Waals surface area contributed by atoms with E-state index in [4.69, 9.17) is 4.74 Å². The fourth-order valence-corrected chi connectivity index (χ4v) is 2.52. The van der Waals surface area contributed by atoms with Crippen LogP contribution in [0.1, 0.15) is 78.1 Å². The number of alkyl carbamates (subject to hydrolysis) is 1. The van der Waals surface area contributed by atoms with Crippen LogP contribution in [0.15, 0.2) is 12.2 Å². The van der Waals surface area contributed by atoms with Gasteiger partial charge in [0.25, 0.3) is 0 Å². The first kappa shape index (κ1) is 24.1. The molecule has 0 aromatic heterocycles. The molecule has 0 spiro atoms. The van der Waals surface area contributed by atoms with Gasteiger partial charge in [-0.05, 0) is 25.8 Å². The van der Waals surface area contributed by atoms with Crippen LogP contribution in [0.25, 0.3) is 0 Å². The Hall–Kier alpha value is -1.85. The van der Waals surface area contributed by atoms with Crippen molar-refractivity contribution in [1.82, 2.24) is 5.32 Å². The molecule has 0 radical (unpaired) electrons. The number of methoxy groups -OCH3 is 1. The molecule has 1 atom stereocenters. The summed E-state index contributed by atoms with van der Waals surface area (Å²) in [5, 5.41) is 2.22. The minimum Gasteiger partial charge on any atom is -0.467 e. The average Bonchev–Trinajstić information content (AvgIpc) is 2.63. The third-order valence-electron chi connectivity index (χ3n) is 4.02. The summed E-state index contributed by atoms with van der Waals surface area (Å²) >= 11 is 0. The first-order valence-corrected chi connectivity index (χ1v) is 9.78. The summed E-state index contributed by atoms with van der Waals surface area (Å²) in [7, 11) is 1.17. The lowest BCUT2D eigenvalue weighted by Gasteiger charge is -2.13. The molecule has 0 saturated heterocycles. The Morgan fingerprint density at radius 2 is 1.50 bits per heavy atom. The summed E-state index contributed by atoms with van der Waals surface area (Å²) in [5.74, 6) is -1.32. The second kappa shape index (κ2) is 16.6. The highest BCUT2D eigenvalue weighted by Crippen LogP contribution is 2.10. The van der Waals surface area contributed by atoms with Crippen molar-refractivity contribution < 1.29 is 23.9 Å². The number of unbranched alkanes of at least 4 members (excludes halogenated alkanes) is 9. The van der Waals surface area contributed by atoms with Gasteiger partial charge in [-0.1, -0.05) is 64.4 Å². The van der Waals surface area contributed by atoms with E-state index in [9.17, 15) is 14.4 Å².